The number of unbranched alkanes of at least 4 members (excludes halogenated alkanes) is 10. The second-order valence-electron chi connectivity index (χ2n) is 5.44. The molecule has 0 aromatic rings. The van der Waals surface area contributed by atoms with E-state index in [2.05, 4.69) is 23.7 Å². The summed E-state index contributed by atoms with van der Waals surface area (Å²) < 4.78 is 0. The molecule has 0 aliphatic heterocycles. The van der Waals surface area contributed by atoms with Gasteiger partial charge in [-0.1, -0.05) is 90.9 Å². The zero-order valence-electron chi connectivity index (χ0n) is 15.2. The second-order valence-corrected chi connectivity index (χ2v) is 9.11. The summed E-state index contributed by atoms with van der Waals surface area (Å²) in [6.07, 6.45) is 16.3. The van der Waals surface area contributed by atoms with Crippen molar-refractivity contribution in [3.05, 3.63) is 0 Å². The van der Waals surface area contributed by atoms with Crippen LogP contribution in [0.2, 0.25) is 9.88 Å². The van der Waals surface area contributed by atoms with E-state index in [1.165, 1.54) is 77.0 Å². The molecule has 0 rings (SSSR count). The molecule has 0 aliphatic carbocycles. The molecule has 0 bridgehead atoms. The standard InChI is InChI=1S/2C8H18S.2CH3.Sn/c2*1-2-3-4-5-6-7-8-9;;;/h2*9H,2-8H2,1H3;2*1H3;/q;;;;+2/p-2. The summed E-state index contributed by atoms with van der Waals surface area (Å²) in [7, 11) is 0. The van der Waals surface area contributed by atoms with Gasteiger partial charge in [-0.3, -0.25) is 0 Å². The first kappa shape index (κ1) is 27.4. The summed E-state index contributed by atoms with van der Waals surface area (Å²) in [4.78, 5) is 4.59. The molecule has 0 aromatic carbocycles. The molecule has 0 saturated carbocycles. The van der Waals surface area contributed by atoms with Gasteiger partial charge in [0.25, 0.3) is 0 Å². The van der Waals surface area contributed by atoms with Crippen molar-refractivity contribution >= 4 is 46.4 Å². The average Bonchev–Trinajstić information content (AvgIpc) is 2.49. The zero-order valence-corrected chi connectivity index (χ0v) is 19.7. The summed E-state index contributed by atoms with van der Waals surface area (Å²) in [6.45, 7) is 4.49. The summed E-state index contributed by atoms with van der Waals surface area (Å²) >= 11 is 9.89. The van der Waals surface area contributed by atoms with E-state index in [4.69, 9.17) is 25.3 Å². The molecule has 0 spiro atoms. The molecule has 0 unspecified atom stereocenters. The van der Waals surface area contributed by atoms with Crippen LogP contribution in [-0.4, -0.2) is 32.6 Å². The molecule has 0 nitrogen and oxygen atoms in total. The molecule has 0 radical (unpaired) electrons. The summed E-state index contributed by atoms with van der Waals surface area (Å²) in [5.74, 6) is 1.90. The average molecular weight is 439 g/mol. The van der Waals surface area contributed by atoms with Gasteiger partial charge in [-0.15, -0.1) is 0 Å². The van der Waals surface area contributed by atoms with Gasteiger partial charge in [-0.2, -0.15) is 11.5 Å². The van der Waals surface area contributed by atoms with Crippen LogP contribution in [0.4, 0.5) is 0 Å². The van der Waals surface area contributed by atoms with Gasteiger partial charge in [0.2, 0.25) is 0 Å². The molecule has 0 heterocycles. The van der Waals surface area contributed by atoms with Crippen LogP contribution in [0.15, 0.2) is 0 Å². The third-order valence-corrected chi connectivity index (χ3v) is 3.57. The van der Waals surface area contributed by atoms with Crippen molar-refractivity contribution < 1.29 is 0 Å². The summed E-state index contributed by atoms with van der Waals surface area (Å²) in [5.41, 5.74) is 0. The van der Waals surface area contributed by atoms with Gasteiger partial charge in [0, 0.05) is 0 Å². The van der Waals surface area contributed by atoms with Crippen molar-refractivity contribution in [2.45, 2.75) is 101 Å². The van der Waals surface area contributed by atoms with Crippen molar-refractivity contribution in [2.75, 3.05) is 11.5 Å². The van der Waals surface area contributed by atoms with Crippen LogP contribution in [0.5, 0.6) is 0 Å². The van der Waals surface area contributed by atoms with Crippen molar-refractivity contribution in [2.24, 2.45) is 0 Å². The fraction of sp³-hybridized carbons (Fsp3) is 1.00. The molecule has 0 aliphatic rings. The van der Waals surface area contributed by atoms with E-state index in [1.807, 2.05) is 0 Å². The molecule has 0 saturated heterocycles. The monoisotopic (exact) mass is 440 g/mol. The molecule has 0 atom stereocenters. The molecule has 3 heteroatoms. The van der Waals surface area contributed by atoms with E-state index in [9.17, 15) is 0 Å². The molecular weight excluding hydrogens is 399 g/mol. The van der Waals surface area contributed by atoms with Crippen LogP contribution in [0, 0.1) is 0 Å². The summed E-state index contributed by atoms with van der Waals surface area (Å²) in [5, 5.41) is 0. The molecular formula is C18H40S2Sn. The van der Waals surface area contributed by atoms with E-state index in [1.54, 1.807) is 0 Å². The Bertz CT molecular complexity index is 106. The van der Waals surface area contributed by atoms with E-state index in [0.717, 1.165) is 11.5 Å². The Morgan fingerprint density at radius 2 is 0.762 bits per heavy atom. The SMILES string of the molecule is CCCCCCCC[S-].CCCCCCCC[S-].[CH3][Sn+2][CH3]. The Balaban J connectivity index is -0.000000260. The molecule has 0 fully saturated rings. The first-order chi connectivity index (χ1) is 10.2. The number of rotatable bonds is 12. The Hall–Kier alpha value is 1.50. The van der Waals surface area contributed by atoms with Crippen LogP contribution in [0.1, 0.15) is 90.9 Å². The van der Waals surface area contributed by atoms with Crippen LogP contribution in [0.25, 0.3) is 0 Å². The number of hydrogen-bond acceptors (Lipinski definition) is 2. The topological polar surface area (TPSA) is 0 Å². The normalized spacial score (nSPS) is 9.05. The van der Waals surface area contributed by atoms with Crippen LogP contribution in [0.3, 0.4) is 0 Å². The van der Waals surface area contributed by atoms with Crippen molar-refractivity contribution in [1.29, 1.82) is 0 Å². The fourth-order valence-electron chi connectivity index (χ4n) is 1.76. The van der Waals surface area contributed by atoms with Crippen molar-refractivity contribution in [3.8, 4) is 0 Å². The van der Waals surface area contributed by atoms with E-state index in [0.29, 0.717) is 0 Å². The second kappa shape index (κ2) is 33.2. The van der Waals surface area contributed by atoms with Crippen molar-refractivity contribution in [1.82, 2.24) is 0 Å². The van der Waals surface area contributed by atoms with E-state index in [-0.39, 0.29) is 21.1 Å². The Kier molecular flexibility index (Phi) is 43.2. The quantitative estimate of drug-likeness (QED) is 0.192. The Labute approximate surface area is 158 Å². The Morgan fingerprint density at radius 1 is 0.524 bits per heavy atom. The maximum absolute atomic E-state index is 4.83. The van der Waals surface area contributed by atoms with Gasteiger partial charge in [0.15, 0.2) is 0 Å². The first-order valence-corrected chi connectivity index (χ1v) is 15.9. The molecule has 0 aromatic heterocycles. The molecule has 0 N–H and O–H groups in total. The predicted octanol–water partition coefficient (Wildman–Crippen LogP) is 6.57. The van der Waals surface area contributed by atoms with Gasteiger partial charge in [0.05, 0.1) is 0 Å². The van der Waals surface area contributed by atoms with Gasteiger partial charge < -0.3 is 25.3 Å². The summed E-state index contributed by atoms with van der Waals surface area (Å²) in [6, 6.07) is 0. The predicted molar refractivity (Wildman–Crippen MR) is 109 cm³/mol. The van der Waals surface area contributed by atoms with Crippen LogP contribution in [-0.2, 0) is 25.3 Å². The minimum atomic E-state index is 0.230. The van der Waals surface area contributed by atoms with Crippen LogP contribution >= 0.6 is 0 Å². The molecule has 21 heavy (non-hydrogen) atoms. The van der Waals surface area contributed by atoms with E-state index < -0.39 is 0 Å². The molecule has 128 valence electrons. The van der Waals surface area contributed by atoms with Crippen LogP contribution < -0.4 is 0 Å². The third-order valence-electron chi connectivity index (χ3n) is 3.00. The van der Waals surface area contributed by atoms with Gasteiger partial charge in [0.1, 0.15) is 0 Å². The molecule has 0 amide bonds. The van der Waals surface area contributed by atoms with Gasteiger partial charge in [-0.05, 0) is 0 Å². The van der Waals surface area contributed by atoms with Crippen molar-refractivity contribution in [3.63, 3.8) is 0 Å². The Morgan fingerprint density at radius 3 is 1.00 bits per heavy atom. The minimum absolute atomic E-state index is 0.230. The van der Waals surface area contributed by atoms with Gasteiger partial charge >= 0.3 is 31.0 Å². The van der Waals surface area contributed by atoms with Gasteiger partial charge in [-0.25, -0.2) is 0 Å². The fourth-order valence-corrected chi connectivity index (χ4v) is 2.17. The third kappa shape index (κ3) is 44.9. The maximum atomic E-state index is 4.83. The number of hydrogen-bond donors (Lipinski definition) is 0. The van der Waals surface area contributed by atoms with E-state index >= 15 is 0 Å². The first-order valence-electron chi connectivity index (χ1n) is 8.99. The zero-order chi connectivity index (χ0) is 16.6.